The molecule has 1 heterocycles. The molecular weight excluding hydrogens is 242 g/mol. The Hall–Kier alpha value is -0.510. The third-order valence-corrected chi connectivity index (χ3v) is 4.94. The van der Waals surface area contributed by atoms with Gasteiger partial charge in [0.2, 0.25) is 0 Å². The minimum absolute atomic E-state index is 0.235. The summed E-state index contributed by atoms with van der Waals surface area (Å²) in [7, 11) is 0. The van der Waals surface area contributed by atoms with E-state index >= 15 is 0 Å². The van der Waals surface area contributed by atoms with Gasteiger partial charge in [0.25, 0.3) is 0 Å². The van der Waals surface area contributed by atoms with Crippen LogP contribution in [0.15, 0.2) is 29.2 Å². The molecule has 0 N–H and O–H groups in total. The van der Waals surface area contributed by atoms with E-state index in [0.29, 0.717) is 0 Å². The van der Waals surface area contributed by atoms with Gasteiger partial charge in [0.15, 0.2) is 0 Å². The van der Waals surface area contributed by atoms with Crippen LogP contribution < -0.4 is 0 Å². The predicted molar refractivity (Wildman–Crippen MR) is 78.4 cm³/mol. The smallest absolute Gasteiger partial charge is 0.0594 e. The number of ether oxygens (including phenoxy) is 1. The van der Waals surface area contributed by atoms with Crippen molar-refractivity contribution in [3.8, 4) is 0 Å². The Kier molecular flexibility index (Phi) is 4.71. The molecule has 1 aromatic rings. The summed E-state index contributed by atoms with van der Waals surface area (Å²) in [6.07, 6.45) is 0. The molecule has 0 radical (unpaired) electrons. The minimum Gasteiger partial charge on any atom is -0.379 e. The topological polar surface area (TPSA) is 12.5 Å². The number of morpholine rings is 1. The van der Waals surface area contributed by atoms with Crippen LogP contribution in [0.3, 0.4) is 0 Å². The van der Waals surface area contributed by atoms with E-state index < -0.39 is 0 Å². The molecule has 0 amide bonds. The number of aryl methyl sites for hydroxylation is 1. The second-order valence-corrected chi connectivity index (χ2v) is 6.56. The molecular formula is C15H23NOS. The van der Waals surface area contributed by atoms with Crippen LogP contribution in [0.2, 0.25) is 0 Å². The molecule has 1 aliphatic rings. The lowest BCUT2D eigenvalue weighted by molar-refractivity contribution is -0.00237. The second kappa shape index (κ2) is 6.09. The van der Waals surface area contributed by atoms with Crippen LogP contribution in [-0.2, 0) is 4.74 Å². The van der Waals surface area contributed by atoms with Crippen molar-refractivity contribution in [2.24, 2.45) is 0 Å². The van der Waals surface area contributed by atoms with Gasteiger partial charge in [-0.3, -0.25) is 4.90 Å². The Morgan fingerprint density at radius 2 is 1.78 bits per heavy atom. The van der Waals surface area contributed by atoms with Crippen molar-refractivity contribution < 1.29 is 4.74 Å². The third-order valence-electron chi connectivity index (χ3n) is 3.48. The summed E-state index contributed by atoms with van der Waals surface area (Å²) < 4.78 is 5.42. The molecule has 0 bridgehead atoms. The number of nitrogens with zero attached hydrogens (tertiary/aromatic N) is 1. The Morgan fingerprint density at radius 1 is 1.17 bits per heavy atom. The van der Waals surface area contributed by atoms with Gasteiger partial charge in [-0.1, -0.05) is 17.7 Å². The molecule has 0 aromatic heterocycles. The fraction of sp³-hybridized carbons (Fsp3) is 0.600. The van der Waals surface area contributed by atoms with Crippen molar-refractivity contribution in [3.05, 3.63) is 29.8 Å². The first kappa shape index (κ1) is 13.9. The van der Waals surface area contributed by atoms with E-state index in [1.807, 2.05) is 11.8 Å². The molecule has 100 valence electrons. The van der Waals surface area contributed by atoms with Gasteiger partial charge >= 0.3 is 0 Å². The van der Waals surface area contributed by atoms with E-state index in [1.165, 1.54) is 10.5 Å². The number of thioether (sulfide) groups is 1. The Balaban J connectivity index is 1.89. The number of benzene rings is 1. The van der Waals surface area contributed by atoms with Crippen LogP contribution in [0.25, 0.3) is 0 Å². The van der Waals surface area contributed by atoms with Gasteiger partial charge in [-0.25, -0.2) is 0 Å². The molecule has 1 saturated heterocycles. The molecule has 2 nitrogen and oxygen atoms in total. The molecule has 18 heavy (non-hydrogen) atoms. The van der Waals surface area contributed by atoms with Gasteiger partial charge in [0.05, 0.1) is 13.2 Å². The Bertz CT molecular complexity index is 369. The highest BCUT2D eigenvalue weighted by molar-refractivity contribution is 7.99. The fourth-order valence-electron chi connectivity index (χ4n) is 2.15. The maximum absolute atomic E-state index is 5.42. The first-order valence-electron chi connectivity index (χ1n) is 6.60. The van der Waals surface area contributed by atoms with Crippen LogP contribution in [0.1, 0.15) is 19.4 Å². The van der Waals surface area contributed by atoms with E-state index in [2.05, 4.69) is 49.9 Å². The Morgan fingerprint density at radius 3 is 2.39 bits per heavy atom. The summed E-state index contributed by atoms with van der Waals surface area (Å²) in [5.74, 6) is 1.12. The van der Waals surface area contributed by atoms with Crippen LogP contribution in [-0.4, -0.2) is 42.5 Å². The molecule has 0 unspecified atom stereocenters. The largest absolute Gasteiger partial charge is 0.379 e. The zero-order valence-electron chi connectivity index (χ0n) is 11.6. The van der Waals surface area contributed by atoms with Crippen molar-refractivity contribution >= 4 is 11.8 Å². The van der Waals surface area contributed by atoms with Crippen molar-refractivity contribution in [3.63, 3.8) is 0 Å². The monoisotopic (exact) mass is 265 g/mol. The van der Waals surface area contributed by atoms with Crippen molar-refractivity contribution in [2.45, 2.75) is 31.2 Å². The lowest BCUT2D eigenvalue weighted by atomic mass is 10.1. The van der Waals surface area contributed by atoms with Crippen LogP contribution >= 0.6 is 11.8 Å². The van der Waals surface area contributed by atoms with Gasteiger partial charge in [-0.05, 0) is 32.9 Å². The van der Waals surface area contributed by atoms with Gasteiger partial charge in [0.1, 0.15) is 0 Å². The van der Waals surface area contributed by atoms with Gasteiger partial charge in [-0.2, -0.15) is 0 Å². The summed E-state index contributed by atoms with van der Waals surface area (Å²) in [6.45, 7) is 10.7. The zero-order chi connectivity index (χ0) is 13.0. The van der Waals surface area contributed by atoms with Crippen molar-refractivity contribution in [1.82, 2.24) is 4.90 Å². The second-order valence-electron chi connectivity index (χ2n) is 5.51. The lowest BCUT2D eigenvalue weighted by Crippen LogP contribution is -2.51. The summed E-state index contributed by atoms with van der Waals surface area (Å²) in [4.78, 5) is 3.90. The quantitative estimate of drug-likeness (QED) is 0.776. The summed E-state index contributed by atoms with van der Waals surface area (Å²) in [5, 5.41) is 0. The summed E-state index contributed by atoms with van der Waals surface area (Å²) >= 11 is 1.95. The van der Waals surface area contributed by atoms with Gasteiger partial charge < -0.3 is 4.74 Å². The van der Waals surface area contributed by atoms with Crippen LogP contribution in [0.4, 0.5) is 0 Å². The molecule has 1 aliphatic heterocycles. The maximum atomic E-state index is 5.42. The van der Waals surface area contributed by atoms with Crippen molar-refractivity contribution in [2.75, 3.05) is 32.1 Å². The SMILES string of the molecule is Cc1ccc(SCC(C)(C)N2CCOCC2)cc1. The minimum atomic E-state index is 0.235. The van der Waals surface area contributed by atoms with Crippen LogP contribution in [0, 0.1) is 6.92 Å². The first-order valence-corrected chi connectivity index (χ1v) is 7.59. The van der Waals surface area contributed by atoms with Gasteiger partial charge in [0, 0.05) is 29.3 Å². The highest BCUT2D eigenvalue weighted by atomic mass is 32.2. The average Bonchev–Trinajstić information content (AvgIpc) is 2.39. The van der Waals surface area contributed by atoms with E-state index in [-0.39, 0.29) is 5.54 Å². The average molecular weight is 265 g/mol. The number of rotatable bonds is 4. The first-order chi connectivity index (χ1) is 8.58. The third kappa shape index (κ3) is 3.74. The van der Waals surface area contributed by atoms with E-state index in [9.17, 15) is 0 Å². The van der Waals surface area contributed by atoms with E-state index in [4.69, 9.17) is 4.74 Å². The summed E-state index contributed by atoms with van der Waals surface area (Å²) in [6, 6.07) is 8.80. The molecule has 1 aromatic carbocycles. The fourth-order valence-corrected chi connectivity index (χ4v) is 3.19. The summed E-state index contributed by atoms with van der Waals surface area (Å²) in [5.41, 5.74) is 1.56. The lowest BCUT2D eigenvalue weighted by Gasteiger charge is -2.40. The molecule has 3 heteroatoms. The molecule has 0 atom stereocenters. The maximum Gasteiger partial charge on any atom is 0.0594 e. The van der Waals surface area contributed by atoms with Crippen molar-refractivity contribution in [1.29, 1.82) is 0 Å². The zero-order valence-corrected chi connectivity index (χ0v) is 12.4. The predicted octanol–water partition coefficient (Wildman–Crippen LogP) is 3.20. The molecule has 1 fully saturated rings. The molecule has 0 saturated carbocycles. The van der Waals surface area contributed by atoms with E-state index in [1.54, 1.807) is 0 Å². The number of hydrogen-bond donors (Lipinski definition) is 0. The number of hydrogen-bond acceptors (Lipinski definition) is 3. The Labute approximate surface area is 115 Å². The van der Waals surface area contributed by atoms with Gasteiger partial charge in [-0.15, -0.1) is 11.8 Å². The molecule has 2 rings (SSSR count). The molecule has 0 spiro atoms. The highest BCUT2D eigenvalue weighted by Crippen LogP contribution is 2.27. The molecule has 0 aliphatic carbocycles. The van der Waals surface area contributed by atoms with E-state index in [0.717, 1.165) is 32.1 Å². The van der Waals surface area contributed by atoms with Crippen LogP contribution in [0.5, 0.6) is 0 Å². The normalized spacial score (nSPS) is 17.9. The standard InChI is InChI=1S/C15H23NOS/c1-13-4-6-14(7-5-13)18-12-15(2,3)16-8-10-17-11-9-16/h4-7H,8-12H2,1-3H3. The highest BCUT2D eigenvalue weighted by Gasteiger charge is 2.28.